The Balaban J connectivity index is 1.64. The van der Waals surface area contributed by atoms with Gasteiger partial charge in [0.05, 0.1) is 4.90 Å². The number of hydrogen-bond donors (Lipinski definition) is 1. The van der Waals surface area contributed by atoms with Crippen LogP contribution in [0.15, 0.2) is 57.8 Å². The molecule has 1 N–H and O–H groups in total. The van der Waals surface area contributed by atoms with Crippen LogP contribution in [-0.4, -0.2) is 41.4 Å². The number of amides is 1. The Bertz CT molecular complexity index is 1280. The lowest BCUT2D eigenvalue weighted by Crippen LogP contribution is -2.48. The molecular formula is C25H29ClN4O4S. The monoisotopic (exact) mass is 516 g/mol. The van der Waals surface area contributed by atoms with Crippen molar-refractivity contribution >= 4 is 27.5 Å². The van der Waals surface area contributed by atoms with Crippen molar-refractivity contribution in [3.8, 4) is 11.5 Å². The van der Waals surface area contributed by atoms with Crippen LogP contribution in [0.4, 0.5) is 0 Å². The van der Waals surface area contributed by atoms with Crippen molar-refractivity contribution in [3.63, 3.8) is 0 Å². The maximum Gasteiger partial charge on any atom is 0.247 e. The third-order valence-electron chi connectivity index (χ3n) is 5.88. The Morgan fingerprint density at radius 3 is 2.37 bits per heavy atom. The minimum absolute atomic E-state index is 0.0421. The SMILES string of the molecule is CC(C)(C)c1nnc(-c2ccc(CN([C@@H]3CCCCNC3=O)S(=O)(=O)c3ccc(Cl)cc3)cc2)o1. The minimum Gasteiger partial charge on any atom is -0.420 e. The molecule has 1 atom stereocenters. The number of aromatic nitrogens is 2. The molecule has 35 heavy (non-hydrogen) atoms. The largest absolute Gasteiger partial charge is 0.420 e. The van der Waals surface area contributed by atoms with Crippen LogP contribution in [-0.2, 0) is 26.8 Å². The van der Waals surface area contributed by atoms with Crippen molar-refractivity contribution in [3.05, 3.63) is 65.0 Å². The number of nitrogens with zero attached hydrogens (tertiary/aromatic N) is 3. The molecule has 2 aromatic carbocycles. The van der Waals surface area contributed by atoms with Gasteiger partial charge in [-0.05, 0) is 61.2 Å². The van der Waals surface area contributed by atoms with Crippen LogP contribution >= 0.6 is 11.6 Å². The van der Waals surface area contributed by atoms with Crippen molar-refractivity contribution in [2.24, 2.45) is 0 Å². The van der Waals surface area contributed by atoms with Crippen LogP contribution in [0.2, 0.25) is 5.02 Å². The molecule has 1 aliphatic heterocycles. The Kier molecular flexibility index (Phi) is 7.30. The second-order valence-corrected chi connectivity index (χ2v) is 12.0. The predicted octanol–water partition coefficient (Wildman–Crippen LogP) is 4.55. The van der Waals surface area contributed by atoms with Gasteiger partial charge in [-0.1, -0.05) is 44.5 Å². The van der Waals surface area contributed by atoms with Crippen LogP contribution in [0.5, 0.6) is 0 Å². The highest BCUT2D eigenvalue weighted by Crippen LogP contribution is 2.28. The molecule has 0 unspecified atom stereocenters. The van der Waals surface area contributed by atoms with Gasteiger partial charge >= 0.3 is 0 Å². The third kappa shape index (κ3) is 5.74. The number of hydrogen-bond acceptors (Lipinski definition) is 6. The van der Waals surface area contributed by atoms with Gasteiger partial charge in [-0.15, -0.1) is 10.2 Å². The predicted molar refractivity (Wildman–Crippen MR) is 133 cm³/mol. The van der Waals surface area contributed by atoms with E-state index in [0.717, 1.165) is 24.0 Å². The Hall–Kier alpha value is -2.75. The molecule has 8 nitrogen and oxygen atoms in total. The van der Waals surface area contributed by atoms with Gasteiger partial charge in [0.25, 0.3) is 0 Å². The number of carbonyl (C=O) groups excluding carboxylic acids is 1. The van der Waals surface area contributed by atoms with E-state index in [4.69, 9.17) is 16.0 Å². The molecule has 10 heteroatoms. The molecule has 0 radical (unpaired) electrons. The number of benzene rings is 2. The molecule has 0 saturated carbocycles. The van der Waals surface area contributed by atoms with Crippen LogP contribution < -0.4 is 5.32 Å². The van der Waals surface area contributed by atoms with Crippen molar-refractivity contribution in [2.75, 3.05) is 6.54 Å². The Morgan fingerprint density at radius 2 is 1.74 bits per heavy atom. The molecule has 1 saturated heterocycles. The lowest BCUT2D eigenvalue weighted by molar-refractivity contribution is -0.124. The summed E-state index contributed by atoms with van der Waals surface area (Å²) in [4.78, 5) is 12.9. The zero-order chi connectivity index (χ0) is 25.2. The zero-order valence-corrected chi connectivity index (χ0v) is 21.6. The van der Waals surface area contributed by atoms with Gasteiger partial charge in [0.1, 0.15) is 6.04 Å². The minimum atomic E-state index is -3.97. The molecule has 0 aliphatic carbocycles. The first kappa shape index (κ1) is 25.3. The van der Waals surface area contributed by atoms with Crippen molar-refractivity contribution in [2.45, 2.75) is 62.9 Å². The lowest BCUT2D eigenvalue weighted by Gasteiger charge is -2.29. The van der Waals surface area contributed by atoms with Gasteiger partial charge in [-0.2, -0.15) is 4.31 Å². The lowest BCUT2D eigenvalue weighted by atomic mass is 9.97. The summed E-state index contributed by atoms with van der Waals surface area (Å²) in [5.74, 6) is 0.656. The molecule has 2 heterocycles. The van der Waals surface area contributed by atoms with E-state index in [1.807, 2.05) is 45.0 Å². The van der Waals surface area contributed by atoms with E-state index in [1.165, 1.54) is 28.6 Å². The van der Waals surface area contributed by atoms with E-state index in [-0.39, 0.29) is 22.8 Å². The number of carbonyl (C=O) groups is 1. The number of sulfonamides is 1. The van der Waals surface area contributed by atoms with Crippen LogP contribution in [0.3, 0.4) is 0 Å². The number of halogens is 1. The maximum absolute atomic E-state index is 13.7. The summed E-state index contributed by atoms with van der Waals surface area (Å²) >= 11 is 5.97. The van der Waals surface area contributed by atoms with Crippen molar-refractivity contribution in [1.82, 2.24) is 19.8 Å². The molecule has 1 fully saturated rings. The zero-order valence-electron chi connectivity index (χ0n) is 20.0. The first-order valence-electron chi connectivity index (χ1n) is 11.5. The topological polar surface area (TPSA) is 105 Å². The molecular weight excluding hydrogens is 488 g/mol. The normalized spacial score (nSPS) is 17.3. The van der Waals surface area contributed by atoms with Crippen molar-refractivity contribution < 1.29 is 17.6 Å². The highest BCUT2D eigenvalue weighted by atomic mass is 35.5. The summed E-state index contributed by atoms with van der Waals surface area (Å²) in [7, 11) is -3.97. The molecule has 1 amide bonds. The summed E-state index contributed by atoms with van der Waals surface area (Å²) in [6.07, 6.45) is 2.02. The highest BCUT2D eigenvalue weighted by molar-refractivity contribution is 7.89. The number of rotatable bonds is 6. The first-order valence-corrected chi connectivity index (χ1v) is 13.4. The van der Waals surface area contributed by atoms with Gasteiger partial charge in [-0.3, -0.25) is 4.79 Å². The fourth-order valence-electron chi connectivity index (χ4n) is 3.88. The van der Waals surface area contributed by atoms with Crippen LogP contribution in [0.1, 0.15) is 51.5 Å². The molecule has 4 rings (SSSR count). The summed E-state index contributed by atoms with van der Waals surface area (Å²) in [6.45, 7) is 6.56. The van der Waals surface area contributed by atoms with E-state index in [0.29, 0.717) is 29.8 Å². The van der Waals surface area contributed by atoms with Gasteiger partial charge < -0.3 is 9.73 Å². The molecule has 0 bridgehead atoms. The van der Waals surface area contributed by atoms with Gasteiger partial charge in [-0.25, -0.2) is 8.42 Å². The molecule has 3 aromatic rings. The molecule has 1 aromatic heterocycles. The highest BCUT2D eigenvalue weighted by Gasteiger charge is 2.36. The van der Waals surface area contributed by atoms with Gasteiger partial charge in [0, 0.05) is 29.1 Å². The van der Waals surface area contributed by atoms with Gasteiger partial charge in [0.15, 0.2) is 0 Å². The van der Waals surface area contributed by atoms with E-state index in [2.05, 4.69) is 15.5 Å². The quantitative estimate of drug-likeness (QED) is 0.515. The fraction of sp³-hybridized carbons (Fsp3) is 0.400. The smallest absolute Gasteiger partial charge is 0.247 e. The number of nitrogens with one attached hydrogen (secondary N) is 1. The van der Waals surface area contributed by atoms with E-state index < -0.39 is 16.1 Å². The molecule has 0 spiro atoms. The Labute approximate surface area is 210 Å². The van der Waals surface area contributed by atoms with E-state index >= 15 is 0 Å². The van der Waals surface area contributed by atoms with Crippen molar-refractivity contribution in [1.29, 1.82) is 0 Å². The summed E-state index contributed by atoms with van der Waals surface area (Å²) in [5, 5.41) is 11.5. The Morgan fingerprint density at radius 1 is 1.06 bits per heavy atom. The average Bonchev–Trinajstić information content (AvgIpc) is 3.23. The summed E-state index contributed by atoms with van der Waals surface area (Å²) in [6, 6.07) is 12.4. The summed E-state index contributed by atoms with van der Waals surface area (Å²) < 4.78 is 34.4. The van der Waals surface area contributed by atoms with Crippen LogP contribution in [0.25, 0.3) is 11.5 Å². The van der Waals surface area contributed by atoms with E-state index in [1.54, 1.807) is 0 Å². The summed E-state index contributed by atoms with van der Waals surface area (Å²) in [5.41, 5.74) is 1.20. The first-order chi connectivity index (χ1) is 16.6. The second-order valence-electron chi connectivity index (χ2n) is 9.67. The molecule has 1 aliphatic rings. The second kappa shape index (κ2) is 10.1. The fourth-order valence-corrected chi connectivity index (χ4v) is 5.61. The third-order valence-corrected chi connectivity index (χ3v) is 8.00. The van der Waals surface area contributed by atoms with Gasteiger partial charge in [0.2, 0.25) is 27.7 Å². The van der Waals surface area contributed by atoms with Crippen LogP contribution in [0, 0.1) is 0 Å². The molecule has 186 valence electrons. The average molecular weight is 517 g/mol. The standard InChI is InChI=1S/C25H29ClN4O4S/c1-25(2,3)24-29-28-23(34-24)18-9-7-17(8-10-18)16-30(21-6-4-5-15-27-22(21)31)35(32,33)20-13-11-19(26)12-14-20/h7-14,21H,4-6,15-16H2,1-3H3,(H,27,31)/t21-/m1/s1. The maximum atomic E-state index is 13.7. The van der Waals surface area contributed by atoms with E-state index in [9.17, 15) is 13.2 Å².